The van der Waals surface area contributed by atoms with E-state index in [1.807, 2.05) is 13.0 Å². The third-order valence-corrected chi connectivity index (χ3v) is 4.05. The summed E-state index contributed by atoms with van der Waals surface area (Å²) in [4.78, 5) is 0. The van der Waals surface area contributed by atoms with Crippen molar-refractivity contribution >= 4 is 0 Å². The van der Waals surface area contributed by atoms with E-state index < -0.39 is 18.3 Å². The van der Waals surface area contributed by atoms with Gasteiger partial charge in [0.2, 0.25) is 0 Å². The van der Waals surface area contributed by atoms with Gasteiger partial charge in [0.25, 0.3) is 0 Å². The minimum absolute atomic E-state index is 0.00850. The lowest BCUT2D eigenvalue weighted by molar-refractivity contribution is 0.118. The predicted molar refractivity (Wildman–Crippen MR) is 73.2 cm³/mol. The van der Waals surface area contributed by atoms with Gasteiger partial charge in [0.1, 0.15) is 0 Å². The molecule has 0 aromatic heterocycles. The molecule has 3 nitrogen and oxygen atoms in total. The molecule has 3 heteroatoms. The number of rotatable bonds is 7. The van der Waals surface area contributed by atoms with E-state index in [2.05, 4.69) is 6.92 Å². The minimum Gasteiger partial charge on any atom is -0.393 e. The summed E-state index contributed by atoms with van der Waals surface area (Å²) in [6, 6.07) is 0. The van der Waals surface area contributed by atoms with Gasteiger partial charge in [-0.05, 0) is 12.3 Å². The maximum absolute atomic E-state index is 9.90. The molecule has 3 N–H and O–H groups in total. The zero-order valence-electron chi connectivity index (χ0n) is 11.6. The topological polar surface area (TPSA) is 60.7 Å². The lowest BCUT2D eigenvalue weighted by Gasteiger charge is -2.19. The summed E-state index contributed by atoms with van der Waals surface area (Å²) < 4.78 is 0. The predicted octanol–water partition coefficient (Wildman–Crippen LogP) is 2.25. The molecule has 0 spiro atoms. The highest BCUT2D eigenvalue weighted by Crippen LogP contribution is 2.35. The first kappa shape index (κ1) is 15.7. The van der Waals surface area contributed by atoms with E-state index in [-0.39, 0.29) is 11.8 Å². The number of unbranched alkanes of at least 4 members (excludes halogenated alkanes) is 2. The summed E-state index contributed by atoms with van der Waals surface area (Å²) in [6.07, 6.45) is 7.85. The fraction of sp³-hybridized carbons (Fsp3) is 0.867. The van der Waals surface area contributed by atoms with Gasteiger partial charge in [0, 0.05) is 12.3 Å². The second-order valence-electron chi connectivity index (χ2n) is 5.47. The zero-order chi connectivity index (χ0) is 13.5. The summed E-state index contributed by atoms with van der Waals surface area (Å²) in [5.74, 6) is 0.116. The molecule has 5 atom stereocenters. The fourth-order valence-corrected chi connectivity index (χ4v) is 2.89. The SMILES string of the molecule is CCCCC[C@H](O)/C=C/C1[C@H](O)C[C@H](O)[C@@H]1CC. The van der Waals surface area contributed by atoms with E-state index in [0.29, 0.717) is 6.42 Å². The van der Waals surface area contributed by atoms with E-state index in [4.69, 9.17) is 0 Å². The molecule has 1 aliphatic rings. The first-order valence-electron chi connectivity index (χ1n) is 7.32. The van der Waals surface area contributed by atoms with E-state index in [9.17, 15) is 15.3 Å². The molecule has 0 saturated heterocycles. The number of hydrogen-bond acceptors (Lipinski definition) is 3. The summed E-state index contributed by atoms with van der Waals surface area (Å²) >= 11 is 0. The lowest BCUT2D eigenvalue weighted by Crippen LogP contribution is -2.20. The van der Waals surface area contributed by atoms with Crippen molar-refractivity contribution in [1.29, 1.82) is 0 Å². The van der Waals surface area contributed by atoms with E-state index in [1.54, 1.807) is 6.08 Å². The average Bonchev–Trinajstić information content (AvgIpc) is 2.61. The Bertz CT molecular complexity index is 252. The van der Waals surface area contributed by atoms with Crippen LogP contribution >= 0.6 is 0 Å². The molecule has 0 bridgehead atoms. The van der Waals surface area contributed by atoms with E-state index >= 15 is 0 Å². The van der Waals surface area contributed by atoms with Gasteiger partial charge in [-0.2, -0.15) is 0 Å². The molecule has 0 heterocycles. The van der Waals surface area contributed by atoms with Crippen molar-refractivity contribution in [3.05, 3.63) is 12.2 Å². The zero-order valence-corrected chi connectivity index (χ0v) is 11.6. The number of hydrogen-bond donors (Lipinski definition) is 3. The van der Waals surface area contributed by atoms with Crippen LogP contribution in [0.5, 0.6) is 0 Å². The Balaban J connectivity index is 2.44. The lowest BCUT2D eigenvalue weighted by atomic mass is 9.90. The highest BCUT2D eigenvalue weighted by Gasteiger charge is 2.38. The first-order chi connectivity index (χ1) is 8.60. The highest BCUT2D eigenvalue weighted by molar-refractivity contribution is 5.03. The summed E-state index contributed by atoms with van der Waals surface area (Å²) in [6.45, 7) is 4.18. The van der Waals surface area contributed by atoms with Gasteiger partial charge in [-0.1, -0.05) is 51.7 Å². The molecule has 1 rings (SSSR count). The van der Waals surface area contributed by atoms with E-state index in [1.165, 1.54) is 0 Å². The molecule has 0 aromatic rings. The normalized spacial score (nSPS) is 34.3. The Labute approximate surface area is 111 Å². The standard InChI is InChI=1S/C15H28O3/c1-3-5-6-7-11(16)8-9-13-12(4-2)14(17)10-15(13)18/h8-9,11-18H,3-7,10H2,1-2H3/b9-8+/t11-,12+,13?,14-,15+/m0/s1. The molecular weight excluding hydrogens is 228 g/mol. The fourth-order valence-electron chi connectivity index (χ4n) is 2.89. The molecule has 1 unspecified atom stereocenters. The van der Waals surface area contributed by atoms with Gasteiger partial charge in [-0.15, -0.1) is 0 Å². The quantitative estimate of drug-likeness (QED) is 0.483. The molecule has 0 aromatic carbocycles. The Morgan fingerprint density at radius 1 is 1.17 bits per heavy atom. The molecule has 1 aliphatic carbocycles. The van der Waals surface area contributed by atoms with E-state index in [0.717, 1.165) is 32.1 Å². The molecular formula is C15H28O3. The summed E-state index contributed by atoms with van der Waals surface area (Å²) in [7, 11) is 0. The third kappa shape index (κ3) is 4.38. The van der Waals surface area contributed by atoms with Crippen molar-refractivity contribution in [2.45, 2.75) is 70.7 Å². The van der Waals surface area contributed by atoms with Crippen LogP contribution < -0.4 is 0 Å². The van der Waals surface area contributed by atoms with Crippen LogP contribution in [0.3, 0.4) is 0 Å². The van der Waals surface area contributed by atoms with Gasteiger partial charge in [0.15, 0.2) is 0 Å². The van der Waals surface area contributed by atoms with Crippen LogP contribution in [-0.2, 0) is 0 Å². The van der Waals surface area contributed by atoms with Crippen molar-refractivity contribution in [2.24, 2.45) is 11.8 Å². The molecule has 0 aliphatic heterocycles. The van der Waals surface area contributed by atoms with Crippen molar-refractivity contribution in [2.75, 3.05) is 0 Å². The summed E-state index contributed by atoms with van der Waals surface area (Å²) in [5, 5.41) is 29.5. The number of aliphatic hydroxyl groups excluding tert-OH is 3. The Hall–Kier alpha value is -0.380. The molecule has 1 fully saturated rings. The molecule has 0 radical (unpaired) electrons. The van der Waals surface area contributed by atoms with Crippen LogP contribution in [0, 0.1) is 11.8 Å². The average molecular weight is 256 g/mol. The van der Waals surface area contributed by atoms with Gasteiger partial charge in [0.05, 0.1) is 18.3 Å². The molecule has 1 saturated carbocycles. The van der Waals surface area contributed by atoms with Gasteiger partial charge < -0.3 is 15.3 Å². The first-order valence-corrected chi connectivity index (χ1v) is 7.32. The minimum atomic E-state index is -0.468. The highest BCUT2D eigenvalue weighted by atomic mass is 16.3. The van der Waals surface area contributed by atoms with Crippen LogP contribution in [0.1, 0.15) is 52.4 Å². The van der Waals surface area contributed by atoms with Crippen LogP contribution in [0.2, 0.25) is 0 Å². The largest absolute Gasteiger partial charge is 0.393 e. The van der Waals surface area contributed by atoms with Gasteiger partial charge in [-0.3, -0.25) is 0 Å². The van der Waals surface area contributed by atoms with Crippen molar-refractivity contribution < 1.29 is 15.3 Å². The maximum Gasteiger partial charge on any atom is 0.0721 e. The van der Waals surface area contributed by atoms with Gasteiger partial charge >= 0.3 is 0 Å². The Morgan fingerprint density at radius 3 is 2.50 bits per heavy atom. The van der Waals surface area contributed by atoms with Crippen LogP contribution in [-0.4, -0.2) is 33.6 Å². The van der Waals surface area contributed by atoms with Gasteiger partial charge in [-0.25, -0.2) is 0 Å². The Morgan fingerprint density at radius 2 is 1.89 bits per heavy atom. The molecule has 0 amide bonds. The van der Waals surface area contributed by atoms with Crippen molar-refractivity contribution in [3.8, 4) is 0 Å². The third-order valence-electron chi connectivity index (χ3n) is 4.05. The molecule has 18 heavy (non-hydrogen) atoms. The monoisotopic (exact) mass is 256 g/mol. The summed E-state index contributed by atoms with van der Waals surface area (Å²) in [5.41, 5.74) is 0. The van der Waals surface area contributed by atoms with Crippen LogP contribution in [0.25, 0.3) is 0 Å². The smallest absolute Gasteiger partial charge is 0.0721 e. The maximum atomic E-state index is 9.90. The van der Waals surface area contributed by atoms with Crippen molar-refractivity contribution in [1.82, 2.24) is 0 Å². The van der Waals surface area contributed by atoms with Crippen LogP contribution in [0.15, 0.2) is 12.2 Å². The molecule has 106 valence electrons. The second-order valence-corrected chi connectivity index (χ2v) is 5.47. The number of aliphatic hydroxyl groups is 3. The van der Waals surface area contributed by atoms with Crippen molar-refractivity contribution in [3.63, 3.8) is 0 Å². The van der Waals surface area contributed by atoms with Crippen LogP contribution in [0.4, 0.5) is 0 Å². The second kappa shape index (κ2) is 7.93. The Kier molecular flexibility index (Phi) is 6.90.